The van der Waals surface area contributed by atoms with Crippen LogP contribution in [0.3, 0.4) is 0 Å². The standard InChI is InChI=1S/C9H9F3O2/c1-14-7-3-2-5(4-6(7)10)8(13)9(11)12/h2-4,8-9,13H,1H3. The Hall–Kier alpha value is -1.23. The van der Waals surface area contributed by atoms with Crippen molar-refractivity contribution in [2.45, 2.75) is 12.5 Å². The number of ether oxygens (including phenoxy) is 1. The van der Waals surface area contributed by atoms with Gasteiger partial charge in [-0.2, -0.15) is 0 Å². The van der Waals surface area contributed by atoms with Crippen molar-refractivity contribution < 1.29 is 23.0 Å². The van der Waals surface area contributed by atoms with Crippen molar-refractivity contribution in [3.63, 3.8) is 0 Å². The minimum Gasteiger partial charge on any atom is -0.494 e. The minimum atomic E-state index is -2.93. The van der Waals surface area contributed by atoms with Crippen molar-refractivity contribution in [3.8, 4) is 5.75 Å². The molecule has 0 aliphatic heterocycles. The van der Waals surface area contributed by atoms with E-state index in [0.717, 1.165) is 6.07 Å². The fourth-order valence-corrected chi connectivity index (χ4v) is 1.01. The van der Waals surface area contributed by atoms with Crippen molar-refractivity contribution >= 4 is 0 Å². The summed E-state index contributed by atoms with van der Waals surface area (Å²) in [6.45, 7) is 0. The molecule has 1 unspecified atom stereocenters. The molecule has 0 spiro atoms. The summed E-state index contributed by atoms with van der Waals surface area (Å²) >= 11 is 0. The molecule has 0 aliphatic carbocycles. The maximum atomic E-state index is 13.0. The van der Waals surface area contributed by atoms with Crippen molar-refractivity contribution in [1.29, 1.82) is 0 Å². The van der Waals surface area contributed by atoms with Crippen LogP contribution < -0.4 is 4.74 Å². The number of halogens is 3. The van der Waals surface area contributed by atoms with Crippen molar-refractivity contribution in [2.24, 2.45) is 0 Å². The Balaban J connectivity index is 2.96. The quantitative estimate of drug-likeness (QED) is 0.820. The van der Waals surface area contributed by atoms with Gasteiger partial charge in [0.05, 0.1) is 7.11 Å². The highest BCUT2D eigenvalue weighted by atomic mass is 19.3. The molecule has 0 aromatic heterocycles. The van der Waals surface area contributed by atoms with Gasteiger partial charge in [-0.25, -0.2) is 13.2 Å². The van der Waals surface area contributed by atoms with E-state index in [-0.39, 0.29) is 11.3 Å². The predicted molar refractivity (Wildman–Crippen MR) is 43.9 cm³/mol. The van der Waals surface area contributed by atoms with Crippen molar-refractivity contribution in [2.75, 3.05) is 7.11 Å². The van der Waals surface area contributed by atoms with Crippen LogP contribution in [0.1, 0.15) is 11.7 Å². The fraction of sp³-hybridized carbons (Fsp3) is 0.333. The Morgan fingerprint density at radius 2 is 2.00 bits per heavy atom. The lowest BCUT2D eigenvalue weighted by Crippen LogP contribution is -2.08. The van der Waals surface area contributed by atoms with E-state index in [0.29, 0.717) is 0 Å². The summed E-state index contributed by atoms with van der Waals surface area (Å²) in [7, 11) is 1.27. The smallest absolute Gasteiger partial charge is 0.268 e. The first-order valence-electron chi connectivity index (χ1n) is 3.86. The summed E-state index contributed by atoms with van der Waals surface area (Å²) < 4.78 is 41.6. The molecule has 14 heavy (non-hydrogen) atoms. The summed E-state index contributed by atoms with van der Waals surface area (Å²) in [6, 6.07) is 3.21. The van der Waals surface area contributed by atoms with Crippen LogP contribution in [-0.2, 0) is 0 Å². The molecule has 0 fully saturated rings. The van der Waals surface area contributed by atoms with E-state index in [1.165, 1.54) is 19.2 Å². The van der Waals surface area contributed by atoms with Crippen LogP contribution in [0.2, 0.25) is 0 Å². The van der Waals surface area contributed by atoms with Crippen molar-refractivity contribution in [3.05, 3.63) is 29.6 Å². The summed E-state index contributed by atoms with van der Waals surface area (Å²) in [5, 5.41) is 8.93. The Morgan fingerprint density at radius 3 is 2.43 bits per heavy atom. The van der Waals surface area contributed by atoms with Crippen LogP contribution in [-0.4, -0.2) is 18.6 Å². The second-order valence-electron chi connectivity index (χ2n) is 2.67. The molecule has 0 amide bonds. The molecular formula is C9H9F3O2. The molecule has 0 bridgehead atoms. The van der Waals surface area contributed by atoms with Crippen LogP contribution in [0.5, 0.6) is 5.75 Å². The van der Waals surface area contributed by atoms with Gasteiger partial charge >= 0.3 is 0 Å². The highest BCUT2D eigenvalue weighted by molar-refractivity contribution is 5.30. The molecule has 0 radical (unpaired) electrons. The number of methoxy groups -OCH3 is 1. The molecular weight excluding hydrogens is 197 g/mol. The number of rotatable bonds is 3. The maximum absolute atomic E-state index is 13.0. The average molecular weight is 206 g/mol. The molecule has 1 aromatic carbocycles. The SMILES string of the molecule is COc1ccc(C(O)C(F)F)cc1F. The number of benzene rings is 1. The zero-order valence-corrected chi connectivity index (χ0v) is 7.38. The van der Waals surface area contributed by atoms with E-state index < -0.39 is 18.3 Å². The molecule has 1 aromatic rings. The molecule has 0 heterocycles. The van der Waals surface area contributed by atoms with Gasteiger partial charge in [-0.3, -0.25) is 0 Å². The molecule has 2 nitrogen and oxygen atoms in total. The molecule has 1 N–H and O–H groups in total. The van der Waals surface area contributed by atoms with Crippen molar-refractivity contribution in [1.82, 2.24) is 0 Å². The Morgan fingerprint density at radius 1 is 1.36 bits per heavy atom. The highest BCUT2D eigenvalue weighted by Crippen LogP contribution is 2.25. The number of hydrogen-bond acceptors (Lipinski definition) is 2. The number of alkyl halides is 2. The molecule has 0 saturated heterocycles. The molecule has 0 aliphatic rings. The molecule has 0 saturated carbocycles. The number of hydrogen-bond donors (Lipinski definition) is 1. The summed E-state index contributed by atoms with van der Waals surface area (Å²) in [4.78, 5) is 0. The highest BCUT2D eigenvalue weighted by Gasteiger charge is 2.20. The van der Waals surface area contributed by atoms with Crippen LogP contribution in [0.4, 0.5) is 13.2 Å². The van der Waals surface area contributed by atoms with Gasteiger partial charge in [0, 0.05) is 0 Å². The van der Waals surface area contributed by atoms with Gasteiger partial charge < -0.3 is 9.84 Å². The van der Waals surface area contributed by atoms with Gasteiger partial charge in [-0.05, 0) is 17.7 Å². The third-order valence-corrected chi connectivity index (χ3v) is 1.76. The predicted octanol–water partition coefficient (Wildman–Crippen LogP) is 2.13. The number of aliphatic hydroxyl groups excluding tert-OH is 1. The molecule has 1 rings (SSSR count). The Bertz CT molecular complexity index is 315. The van der Waals surface area contributed by atoms with E-state index in [1.54, 1.807) is 0 Å². The summed E-state index contributed by atoms with van der Waals surface area (Å²) in [5.41, 5.74) is -0.168. The van der Waals surface area contributed by atoms with E-state index in [4.69, 9.17) is 5.11 Å². The van der Waals surface area contributed by atoms with Crippen LogP contribution in [0, 0.1) is 5.82 Å². The second kappa shape index (κ2) is 4.32. The van der Waals surface area contributed by atoms with Crippen LogP contribution in [0.15, 0.2) is 18.2 Å². The first-order valence-corrected chi connectivity index (χ1v) is 3.86. The largest absolute Gasteiger partial charge is 0.494 e. The van der Waals surface area contributed by atoms with Gasteiger partial charge in [-0.15, -0.1) is 0 Å². The van der Waals surface area contributed by atoms with Crippen LogP contribution >= 0.6 is 0 Å². The molecule has 5 heteroatoms. The average Bonchev–Trinajstić information content (AvgIpc) is 2.16. The zero-order chi connectivity index (χ0) is 10.7. The van der Waals surface area contributed by atoms with Gasteiger partial charge in [0.2, 0.25) is 0 Å². The van der Waals surface area contributed by atoms with Crippen LogP contribution in [0.25, 0.3) is 0 Å². The lowest BCUT2D eigenvalue weighted by Gasteiger charge is -2.10. The molecule has 78 valence electrons. The topological polar surface area (TPSA) is 29.5 Å². The van der Waals surface area contributed by atoms with E-state index in [1.807, 2.05) is 0 Å². The minimum absolute atomic E-state index is 0.0461. The van der Waals surface area contributed by atoms with Gasteiger partial charge in [0.25, 0.3) is 6.43 Å². The molecule has 1 atom stereocenters. The fourth-order valence-electron chi connectivity index (χ4n) is 1.01. The number of aliphatic hydroxyl groups is 1. The Labute approximate surface area is 78.9 Å². The van der Waals surface area contributed by atoms with Gasteiger partial charge in [-0.1, -0.05) is 6.07 Å². The van der Waals surface area contributed by atoms with E-state index in [9.17, 15) is 13.2 Å². The second-order valence-corrected chi connectivity index (χ2v) is 2.67. The first kappa shape index (κ1) is 10.8. The third kappa shape index (κ3) is 2.17. The zero-order valence-electron chi connectivity index (χ0n) is 7.38. The monoisotopic (exact) mass is 206 g/mol. The van der Waals surface area contributed by atoms with Gasteiger partial charge in [0.15, 0.2) is 11.6 Å². The summed E-state index contributed by atoms with van der Waals surface area (Å²) in [6.07, 6.45) is -4.89. The Kier molecular flexibility index (Phi) is 3.35. The normalized spacial score (nSPS) is 13.0. The maximum Gasteiger partial charge on any atom is 0.268 e. The third-order valence-electron chi connectivity index (χ3n) is 1.76. The van der Waals surface area contributed by atoms with E-state index in [2.05, 4.69) is 4.74 Å². The first-order chi connectivity index (χ1) is 6.56. The van der Waals surface area contributed by atoms with Gasteiger partial charge in [0.1, 0.15) is 6.10 Å². The lowest BCUT2D eigenvalue weighted by molar-refractivity contribution is -0.00595. The lowest BCUT2D eigenvalue weighted by atomic mass is 10.1. The summed E-state index contributed by atoms with van der Waals surface area (Å²) in [5.74, 6) is -0.820. The van der Waals surface area contributed by atoms with E-state index >= 15 is 0 Å².